The maximum atomic E-state index is 12.8. The lowest BCUT2D eigenvalue weighted by molar-refractivity contribution is -0.136. The summed E-state index contributed by atoms with van der Waals surface area (Å²) in [6.07, 6.45) is -2.58. The molecule has 0 bridgehead atoms. The third-order valence-corrected chi connectivity index (χ3v) is 3.22. The highest BCUT2D eigenvalue weighted by atomic mass is 19.4. The van der Waals surface area contributed by atoms with E-state index in [9.17, 15) is 18.0 Å². The molecule has 0 unspecified atom stereocenters. The fourth-order valence-corrected chi connectivity index (χ4v) is 1.98. The van der Waals surface area contributed by atoms with Crippen LogP contribution in [0.15, 0.2) is 34.9 Å². The highest BCUT2D eigenvalue weighted by molar-refractivity contribution is 6.03. The number of nitrogens with zero attached hydrogens (tertiary/aromatic N) is 1. The Morgan fingerprint density at radius 3 is 2.67 bits per heavy atom. The third kappa shape index (κ3) is 2.91. The highest BCUT2D eigenvalue weighted by Crippen LogP contribution is 2.40. The maximum absolute atomic E-state index is 12.8. The van der Waals surface area contributed by atoms with Gasteiger partial charge in [-0.3, -0.25) is 4.79 Å². The van der Waals surface area contributed by atoms with Crippen LogP contribution in [0, 0.1) is 0 Å². The SMILES string of the molecule is O=C(Nc1ccccc1C(F)(F)F)c1cc(C2CC2)on1. The van der Waals surface area contributed by atoms with E-state index in [2.05, 4.69) is 10.5 Å². The second kappa shape index (κ2) is 4.91. The molecule has 0 spiro atoms. The van der Waals surface area contributed by atoms with Crippen LogP contribution in [0.5, 0.6) is 0 Å². The Labute approximate surface area is 117 Å². The van der Waals surface area contributed by atoms with E-state index in [-0.39, 0.29) is 17.3 Å². The van der Waals surface area contributed by atoms with Gasteiger partial charge in [0, 0.05) is 12.0 Å². The monoisotopic (exact) mass is 296 g/mol. The van der Waals surface area contributed by atoms with E-state index in [1.807, 2.05) is 0 Å². The summed E-state index contributed by atoms with van der Waals surface area (Å²) in [7, 11) is 0. The predicted molar refractivity (Wildman–Crippen MR) is 67.9 cm³/mol. The minimum atomic E-state index is -4.53. The van der Waals surface area contributed by atoms with Crippen molar-refractivity contribution in [1.29, 1.82) is 0 Å². The fraction of sp³-hybridized carbons (Fsp3) is 0.286. The van der Waals surface area contributed by atoms with Crippen LogP contribution in [-0.2, 0) is 6.18 Å². The zero-order valence-corrected chi connectivity index (χ0v) is 10.8. The third-order valence-electron chi connectivity index (χ3n) is 3.22. The number of hydrogen-bond acceptors (Lipinski definition) is 3. The molecule has 1 N–H and O–H groups in total. The smallest absolute Gasteiger partial charge is 0.360 e. The molecule has 0 radical (unpaired) electrons. The maximum Gasteiger partial charge on any atom is 0.418 e. The zero-order valence-electron chi connectivity index (χ0n) is 10.8. The molecule has 7 heteroatoms. The van der Waals surface area contributed by atoms with Gasteiger partial charge in [-0.1, -0.05) is 17.3 Å². The van der Waals surface area contributed by atoms with Gasteiger partial charge in [0.15, 0.2) is 5.69 Å². The second-order valence-electron chi connectivity index (χ2n) is 4.89. The van der Waals surface area contributed by atoms with Gasteiger partial charge >= 0.3 is 6.18 Å². The summed E-state index contributed by atoms with van der Waals surface area (Å²) in [5.74, 6) is 0.160. The molecule has 1 amide bonds. The van der Waals surface area contributed by atoms with E-state index >= 15 is 0 Å². The molecule has 110 valence electrons. The first-order valence-corrected chi connectivity index (χ1v) is 6.39. The van der Waals surface area contributed by atoms with Crippen molar-refractivity contribution in [2.75, 3.05) is 5.32 Å². The Hall–Kier alpha value is -2.31. The molecule has 1 saturated carbocycles. The van der Waals surface area contributed by atoms with Gasteiger partial charge in [-0.25, -0.2) is 0 Å². The van der Waals surface area contributed by atoms with Crippen molar-refractivity contribution < 1.29 is 22.5 Å². The number of aromatic nitrogens is 1. The topological polar surface area (TPSA) is 55.1 Å². The van der Waals surface area contributed by atoms with Gasteiger partial charge in [0.05, 0.1) is 11.3 Å². The minimum Gasteiger partial charge on any atom is -0.360 e. The second-order valence-corrected chi connectivity index (χ2v) is 4.89. The molecule has 2 aromatic rings. The number of amides is 1. The number of hydrogen-bond donors (Lipinski definition) is 1. The lowest BCUT2D eigenvalue weighted by atomic mass is 10.1. The standard InChI is InChI=1S/C14H11F3N2O2/c15-14(16,17)9-3-1-2-4-10(9)18-13(20)11-7-12(21-19-11)8-5-6-8/h1-4,7-8H,5-6H2,(H,18,20). The van der Waals surface area contributed by atoms with Crippen molar-refractivity contribution in [2.24, 2.45) is 0 Å². The van der Waals surface area contributed by atoms with E-state index in [4.69, 9.17) is 4.52 Å². The quantitative estimate of drug-likeness (QED) is 0.936. The van der Waals surface area contributed by atoms with Crippen LogP contribution in [-0.4, -0.2) is 11.1 Å². The van der Waals surface area contributed by atoms with Crippen LogP contribution in [0.1, 0.15) is 40.6 Å². The molecule has 1 aromatic heterocycles. The molecule has 1 fully saturated rings. The summed E-state index contributed by atoms with van der Waals surface area (Å²) in [5, 5.41) is 5.82. The highest BCUT2D eigenvalue weighted by Gasteiger charge is 2.34. The number of benzene rings is 1. The van der Waals surface area contributed by atoms with Crippen molar-refractivity contribution in [3.8, 4) is 0 Å². The Bertz CT molecular complexity index is 675. The summed E-state index contributed by atoms with van der Waals surface area (Å²) in [6, 6.07) is 6.27. The van der Waals surface area contributed by atoms with Crippen LogP contribution >= 0.6 is 0 Å². The van der Waals surface area contributed by atoms with Gasteiger partial charge in [0.1, 0.15) is 5.76 Å². The van der Waals surface area contributed by atoms with Gasteiger partial charge in [0.2, 0.25) is 0 Å². The summed E-state index contributed by atoms with van der Waals surface area (Å²) in [4.78, 5) is 11.9. The molecule has 1 aliphatic carbocycles. The Morgan fingerprint density at radius 1 is 1.29 bits per heavy atom. The fourth-order valence-electron chi connectivity index (χ4n) is 1.98. The molecule has 0 aliphatic heterocycles. The zero-order chi connectivity index (χ0) is 15.0. The summed E-state index contributed by atoms with van der Waals surface area (Å²) in [6.45, 7) is 0. The van der Waals surface area contributed by atoms with Crippen molar-refractivity contribution in [3.63, 3.8) is 0 Å². The number of alkyl halides is 3. The van der Waals surface area contributed by atoms with Crippen molar-refractivity contribution in [1.82, 2.24) is 5.16 Å². The first-order chi connectivity index (χ1) is 9.95. The average Bonchev–Trinajstić information content (AvgIpc) is 3.15. The van der Waals surface area contributed by atoms with Crippen LogP contribution in [0.25, 0.3) is 0 Å². The molecule has 0 saturated heterocycles. The van der Waals surface area contributed by atoms with Crippen molar-refractivity contribution >= 4 is 11.6 Å². The van der Waals surface area contributed by atoms with Crippen LogP contribution in [0.4, 0.5) is 18.9 Å². The lowest BCUT2D eigenvalue weighted by Crippen LogP contribution is -2.16. The number of carbonyl (C=O) groups excluding carboxylic acids is 1. The van der Waals surface area contributed by atoms with Gasteiger partial charge in [-0.05, 0) is 25.0 Å². The van der Waals surface area contributed by atoms with Crippen LogP contribution < -0.4 is 5.32 Å². The van der Waals surface area contributed by atoms with Gasteiger partial charge in [-0.15, -0.1) is 0 Å². The van der Waals surface area contributed by atoms with E-state index in [0.717, 1.165) is 18.9 Å². The van der Waals surface area contributed by atoms with E-state index < -0.39 is 17.6 Å². The van der Waals surface area contributed by atoms with Crippen LogP contribution in [0.2, 0.25) is 0 Å². The molecular formula is C14H11F3N2O2. The number of rotatable bonds is 3. The van der Waals surface area contributed by atoms with E-state index in [0.29, 0.717) is 5.76 Å². The number of carbonyl (C=O) groups is 1. The van der Waals surface area contributed by atoms with Crippen molar-refractivity contribution in [2.45, 2.75) is 24.9 Å². The molecule has 1 aromatic carbocycles. The minimum absolute atomic E-state index is 0.0196. The normalized spacial score (nSPS) is 15.0. The first-order valence-electron chi connectivity index (χ1n) is 6.39. The van der Waals surface area contributed by atoms with Gasteiger partial charge < -0.3 is 9.84 Å². The molecule has 1 heterocycles. The Kier molecular flexibility index (Phi) is 3.19. The Balaban J connectivity index is 1.81. The number of para-hydroxylation sites is 1. The van der Waals surface area contributed by atoms with Crippen LogP contribution in [0.3, 0.4) is 0 Å². The molecule has 0 atom stereocenters. The lowest BCUT2D eigenvalue weighted by Gasteiger charge is -2.12. The van der Waals surface area contributed by atoms with Crippen molar-refractivity contribution in [3.05, 3.63) is 47.3 Å². The molecule has 21 heavy (non-hydrogen) atoms. The van der Waals surface area contributed by atoms with Gasteiger partial charge in [-0.2, -0.15) is 13.2 Å². The average molecular weight is 296 g/mol. The molecule has 3 rings (SSSR count). The summed E-state index contributed by atoms with van der Waals surface area (Å²) >= 11 is 0. The molecule has 1 aliphatic rings. The number of nitrogens with one attached hydrogen (secondary N) is 1. The summed E-state index contributed by atoms with van der Waals surface area (Å²) in [5.41, 5.74) is -1.22. The first kappa shape index (κ1) is 13.7. The summed E-state index contributed by atoms with van der Waals surface area (Å²) < 4.78 is 43.5. The van der Waals surface area contributed by atoms with E-state index in [1.54, 1.807) is 0 Å². The van der Waals surface area contributed by atoms with Gasteiger partial charge in [0.25, 0.3) is 5.91 Å². The number of halogens is 3. The molecule has 4 nitrogen and oxygen atoms in total. The predicted octanol–water partition coefficient (Wildman–Crippen LogP) is 3.82. The Morgan fingerprint density at radius 2 is 2.00 bits per heavy atom. The largest absolute Gasteiger partial charge is 0.418 e. The van der Waals surface area contributed by atoms with E-state index in [1.165, 1.54) is 24.3 Å². The number of anilines is 1. The molecular weight excluding hydrogens is 285 g/mol.